The molecule has 2 rings (SSSR count). The molecule has 0 unspecified atom stereocenters. The van der Waals surface area contributed by atoms with E-state index in [0.29, 0.717) is 6.54 Å². The van der Waals surface area contributed by atoms with E-state index in [-0.39, 0.29) is 26.6 Å². The van der Waals surface area contributed by atoms with Crippen molar-refractivity contribution in [3.8, 4) is 0 Å². The zero-order valence-corrected chi connectivity index (χ0v) is 14.5. The van der Waals surface area contributed by atoms with Crippen LogP contribution in [-0.2, 0) is 16.1 Å². The molecule has 0 aliphatic carbocycles. The van der Waals surface area contributed by atoms with Gasteiger partial charge in [-0.15, -0.1) is 11.3 Å². The largest absolute Gasteiger partial charge is 0.451 e. The second-order valence-corrected chi connectivity index (χ2v) is 6.37. The quantitative estimate of drug-likeness (QED) is 0.600. The third-order valence-electron chi connectivity index (χ3n) is 2.64. The van der Waals surface area contributed by atoms with Gasteiger partial charge >= 0.3 is 5.97 Å². The average Bonchev–Trinajstić information content (AvgIpc) is 3.05. The van der Waals surface area contributed by atoms with Crippen molar-refractivity contribution in [1.82, 2.24) is 10.3 Å². The highest BCUT2D eigenvalue weighted by Crippen LogP contribution is 2.34. The summed E-state index contributed by atoms with van der Waals surface area (Å²) in [4.78, 5) is 28.2. The zero-order valence-electron chi connectivity index (χ0n) is 11.4. The van der Waals surface area contributed by atoms with Crippen LogP contribution in [0.5, 0.6) is 0 Å². The lowest BCUT2D eigenvalue weighted by Crippen LogP contribution is -2.28. The van der Waals surface area contributed by atoms with Gasteiger partial charge in [0.15, 0.2) is 17.5 Å². The Bertz CT molecular complexity index is 738. The number of pyridine rings is 1. The molecule has 0 bridgehead atoms. The van der Waals surface area contributed by atoms with E-state index in [1.807, 2.05) is 17.5 Å². The number of halogens is 3. The first-order valence-electron chi connectivity index (χ1n) is 6.16. The summed E-state index contributed by atoms with van der Waals surface area (Å²) in [6, 6.07) is 3.74. The number of hydrogen-bond acceptors (Lipinski definition) is 6. The lowest BCUT2D eigenvalue weighted by atomic mass is 10.3. The van der Waals surface area contributed by atoms with Gasteiger partial charge in [0.25, 0.3) is 5.91 Å². The number of hydrogen-bond donors (Lipinski definition) is 2. The molecule has 2 aromatic heterocycles. The van der Waals surface area contributed by atoms with Crippen LogP contribution in [0.1, 0.15) is 15.4 Å². The minimum atomic E-state index is -0.924. The molecule has 0 aromatic carbocycles. The summed E-state index contributed by atoms with van der Waals surface area (Å²) in [6.07, 6.45) is 0. The number of nitrogen functional groups attached to an aromatic ring is 1. The Balaban J connectivity index is 1.93. The fraction of sp³-hybridized carbons (Fsp3) is 0.154. The minimum absolute atomic E-state index is 0.0538. The lowest BCUT2D eigenvalue weighted by Gasteiger charge is -2.09. The maximum absolute atomic E-state index is 11.9. The fourth-order valence-electron chi connectivity index (χ4n) is 1.52. The monoisotopic (exact) mass is 393 g/mol. The van der Waals surface area contributed by atoms with E-state index in [1.165, 1.54) is 11.3 Å². The molecule has 0 aliphatic rings. The van der Waals surface area contributed by atoms with Crippen LogP contribution in [0.25, 0.3) is 0 Å². The van der Waals surface area contributed by atoms with E-state index in [0.717, 1.165) is 4.88 Å². The van der Waals surface area contributed by atoms with Crippen LogP contribution in [-0.4, -0.2) is 23.5 Å². The van der Waals surface area contributed by atoms with Crippen molar-refractivity contribution in [2.24, 2.45) is 0 Å². The molecule has 0 fully saturated rings. The molecule has 0 aliphatic heterocycles. The molecular weight excluding hydrogens is 385 g/mol. The number of ether oxygens (including phenoxy) is 1. The Hall–Kier alpha value is -1.54. The molecule has 3 N–H and O–H groups in total. The van der Waals surface area contributed by atoms with Crippen molar-refractivity contribution in [2.75, 3.05) is 12.3 Å². The van der Waals surface area contributed by atoms with Crippen LogP contribution in [0.3, 0.4) is 0 Å². The summed E-state index contributed by atoms with van der Waals surface area (Å²) in [5.74, 6) is -1.39. The van der Waals surface area contributed by atoms with Crippen LogP contribution in [0.15, 0.2) is 17.5 Å². The molecule has 0 atom stereocenters. The third-order valence-corrected chi connectivity index (χ3v) is 4.65. The predicted octanol–water partition coefficient (Wildman–Crippen LogP) is 3.16. The molecule has 2 aromatic rings. The number of thiophene rings is 1. The van der Waals surface area contributed by atoms with Crippen LogP contribution in [0, 0.1) is 0 Å². The van der Waals surface area contributed by atoms with Crippen LogP contribution in [0.2, 0.25) is 15.2 Å². The Labute approximate surface area is 150 Å². The van der Waals surface area contributed by atoms with E-state index in [9.17, 15) is 9.59 Å². The Morgan fingerprint density at radius 1 is 1.30 bits per heavy atom. The first-order chi connectivity index (χ1) is 10.9. The zero-order chi connectivity index (χ0) is 17.0. The summed E-state index contributed by atoms with van der Waals surface area (Å²) in [5.41, 5.74) is 5.22. The number of aromatic nitrogens is 1. The molecular formula is C13H10Cl3N3O3S. The van der Waals surface area contributed by atoms with Crippen molar-refractivity contribution < 1.29 is 14.3 Å². The molecule has 0 saturated heterocycles. The summed E-state index contributed by atoms with van der Waals surface area (Å²) >= 11 is 18.9. The molecule has 10 heteroatoms. The predicted molar refractivity (Wildman–Crippen MR) is 90.1 cm³/mol. The second-order valence-electron chi connectivity index (χ2n) is 4.23. The number of carbonyl (C=O) groups is 2. The van der Waals surface area contributed by atoms with E-state index in [1.54, 1.807) is 0 Å². The third kappa shape index (κ3) is 4.48. The van der Waals surface area contributed by atoms with Crippen molar-refractivity contribution >= 4 is 63.7 Å². The van der Waals surface area contributed by atoms with Gasteiger partial charge in [-0.05, 0) is 11.4 Å². The summed E-state index contributed by atoms with van der Waals surface area (Å²) in [6.45, 7) is -0.130. The summed E-state index contributed by atoms with van der Waals surface area (Å²) in [5, 5.41) is 4.09. The minimum Gasteiger partial charge on any atom is -0.451 e. The number of rotatable bonds is 5. The van der Waals surface area contributed by atoms with Crippen molar-refractivity contribution in [2.45, 2.75) is 6.54 Å². The standard InChI is InChI=1S/C13H10Cl3N3O3S/c14-8-10(17)9(15)12(16)19-11(8)13(21)22-5-7(20)18-4-6-2-1-3-23-6/h1-3H,4-5H2,(H2,17,19)(H,18,20). The van der Waals surface area contributed by atoms with Crippen LogP contribution >= 0.6 is 46.1 Å². The maximum atomic E-state index is 11.9. The second kappa shape index (κ2) is 7.83. The smallest absolute Gasteiger partial charge is 0.359 e. The molecule has 0 spiro atoms. The van der Waals surface area contributed by atoms with Crippen molar-refractivity contribution in [3.63, 3.8) is 0 Å². The molecule has 6 nitrogen and oxygen atoms in total. The highest BCUT2D eigenvalue weighted by Gasteiger charge is 2.21. The molecule has 122 valence electrons. The Morgan fingerprint density at radius 2 is 2.04 bits per heavy atom. The van der Waals surface area contributed by atoms with Crippen molar-refractivity contribution in [3.05, 3.63) is 43.3 Å². The number of carbonyl (C=O) groups excluding carboxylic acids is 2. The van der Waals surface area contributed by atoms with Crippen LogP contribution < -0.4 is 11.1 Å². The SMILES string of the molecule is Nc1c(Cl)c(Cl)nc(C(=O)OCC(=O)NCc2cccs2)c1Cl. The topological polar surface area (TPSA) is 94.3 Å². The number of nitrogens with zero attached hydrogens (tertiary/aromatic N) is 1. The highest BCUT2D eigenvalue weighted by atomic mass is 35.5. The van der Waals surface area contributed by atoms with Gasteiger partial charge in [0.2, 0.25) is 0 Å². The van der Waals surface area contributed by atoms with Gasteiger partial charge in [-0.25, -0.2) is 9.78 Å². The number of anilines is 1. The van der Waals surface area contributed by atoms with Crippen LogP contribution in [0.4, 0.5) is 5.69 Å². The van der Waals surface area contributed by atoms with E-state index >= 15 is 0 Å². The molecule has 1 amide bonds. The van der Waals surface area contributed by atoms with Gasteiger partial charge < -0.3 is 15.8 Å². The summed E-state index contributed by atoms with van der Waals surface area (Å²) in [7, 11) is 0. The Morgan fingerprint density at radius 3 is 2.70 bits per heavy atom. The number of nitrogens with one attached hydrogen (secondary N) is 1. The highest BCUT2D eigenvalue weighted by molar-refractivity contribution is 7.09. The van der Waals surface area contributed by atoms with E-state index in [4.69, 9.17) is 45.3 Å². The molecule has 0 radical (unpaired) electrons. The van der Waals surface area contributed by atoms with Crippen molar-refractivity contribution in [1.29, 1.82) is 0 Å². The van der Waals surface area contributed by atoms with Gasteiger partial charge in [-0.1, -0.05) is 40.9 Å². The molecule has 23 heavy (non-hydrogen) atoms. The Kier molecular flexibility index (Phi) is 6.06. The van der Waals surface area contributed by atoms with Gasteiger partial charge in [-0.3, -0.25) is 4.79 Å². The van der Waals surface area contributed by atoms with Gasteiger partial charge in [-0.2, -0.15) is 0 Å². The average molecular weight is 395 g/mol. The number of amides is 1. The van der Waals surface area contributed by atoms with Gasteiger partial charge in [0.05, 0.1) is 17.3 Å². The number of esters is 1. The normalized spacial score (nSPS) is 10.4. The molecule has 0 saturated carbocycles. The molecule has 2 heterocycles. The number of nitrogens with two attached hydrogens (primary N) is 1. The lowest BCUT2D eigenvalue weighted by molar-refractivity contribution is -0.124. The van der Waals surface area contributed by atoms with Gasteiger partial charge in [0.1, 0.15) is 5.02 Å². The summed E-state index contributed by atoms with van der Waals surface area (Å²) < 4.78 is 4.84. The maximum Gasteiger partial charge on any atom is 0.359 e. The first-order valence-corrected chi connectivity index (χ1v) is 8.17. The fourth-order valence-corrected chi connectivity index (χ4v) is 2.75. The van der Waals surface area contributed by atoms with E-state index in [2.05, 4.69) is 10.3 Å². The van der Waals surface area contributed by atoms with E-state index < -0.39 is 18.5 Å². The first kappa shape index (κ1) is 17.8. The van der Waals surface area contributed by atoms with Gasteiger partial charge in [0, 0.05) is 4.88 Å².